The predicted molar refractivity (Wildman–Crippen MR) is 322 cm³/mol. The molecule has 0 saturated heterocycles. The van der Waals surface area contributed by atoms with E-state index < -0.39 is 88.5 Å². The molecule has 2 fully saturated rings. The van der Waals surface area contributed by atoms with Crippen LogP contribution < -0.4 is 32.3 Å². The Labute approximate surface area is 526 Å². The summed E-state index contributed by atoms with van der Waals surface area (Å²) in [5.74, 6) is -0.915. The molecule has 0 spiro atoms. The number of nitrogens with zero attached hydrogens (tertiary/aromatic N) is 4. The van der Waals surface area contributed by atoms with Gasteiger partial charge in [0.2, 0.25) is 0 Å². The number of nitrogens with one attached hydrogen (secondary N) is 5. The fourth-order valence-corrected chi connectivity index (χ4v) is 9.70. The number of alkyl halides is 12. The molecule has 2 aliphatic carbocycles. The minimum Gasteiger partial charge on any atom is -0.444 e. The molecule has 3 amide bonds. The van der Waals surface area contributed by atoms with Crippen LogP contribution in [0.15, 0.2) is 158 Å². The average Bonchev–Trinajstić information content (AvgIpc) is 1.59. The standard InChI is InChI=1S/C35H35F6N5O3.C30H27F6N5O.ClH/c1-33(2,3)49-32(48)43-20-22-7-4-12-27(15-22)46-28(18-29(45-46)35(39,40)41)31(47)44-26-11-6-9-24(17-26)30(42-19-21-13-14-21)23-8-5-10-25(16-23)34(36,37)38;31-29(32,33)22-7-2-5-20(13-22)27(38-17-18-10-11-18)21-6-3-8-23(14-21)39-28(42)25-15-26(30(34,35)36)40-41(25)24-9-1-4-19(12-24)16-37;/h4-12,15-18,21,30,42H,13-14,19-20H2,1-3H3,(H,43,48)(H,44,47);1-9,12-15,18,27,38H,10-11,16-17,37H2,(H,39,42);1H. The molecule has 0 bridgehead atoms. The third kappa shape index (κ3) is 18.7. The Kier molecular flexibility index (Phi) is 21.4. The van der Waals surface area contributed by atoms with Crippen LogP contribution in [0.2, 0.25) is 0 Å². The van der Waals surface area contributed by atoms with Gasteiger partial charge in [-0.15, -0.1) is 12.4 Å². The second kappa shape index (κ2) is 28.4. The van der Waals surface area contributed by atoms with E-state index in [1.54, 1.807) is 99.6 Å². The molecule has 2 heterocycles. The minimum absolute atomic E-state index is 0. The molecule has 2 unspecified atom stereocenters. The number of ether oxygens (including phenoxy) is 1. The summed E-state index contributed by atoms with van der Waals surface area (Å²) in [6.07, 6.45) is -15.3. The van der Waals surface area contributed by atoms with Crippen molar-refractivity contribution in [3.8, 4) is 11.4 Å². The highest BCUT2D eigenvalue weighted by Crippen LogP contribution is 2.38. The van der Waals surface area contributed by atoms with E-state index in [0.717, 1.165) is 59.3 Å². The first-order valence-corrected chi connectivity index (χ1v) is 28.7. The van der Waals surface area contributed by atoms with Gasteiger partial charge in [-0.3, -0.25) is 9.59 Å². The molecule has 488 valence electrons. The number of alkyl carbamates (subject to hydrolysis) is 1. The zero-order valence-electron chi connectivity index (χ0n) is 49.4. The van der Waals surface area contributed by atoms with Gasteiger partial charge in [0.15, 0.2) is 11.4 Å². The van der Waals surface area contributed by atoms with Gasteiger partial charge in [-0.1, -0.05) is 72.8 Å². The molecule has 92 heavy (non-hydrogen) atoms. The number of rotatable bonds is 19. The molecule has 0 aliphatic heterocycles. The molecule has 27 heteroatoms. The second-order valence-electron chi connectivity index (χ2n) is 23.0. The van der Waals surface area contributed by atoms with Crippen molar-refractivity contribution in [2.75, 3.05) is 23.7 Å². The van der Waals surface area contributed by atoms with Crippen LogP contribution in [0.5, 0.6) is 0 Å². The number of hydrogen-bond acceptors (Lipinski definition) is 9. The molecule has 7 N–H and O–H groups in total. The highest BCUT2D eigenvalue weighted by atomic mass is 35.5. The molecule has 6 aromatic carbocycles. The van der Waals surface area contributed by atoms with Crippen molar-refractivity contribution in [1.82, 2.24) is 35.5 Å². The Morgan fingerprint density at radius 1 is 0.511 bits per heavy atom. The van der Waals surface area contributed by atoms with Crippen molar-refractivity contribution < 1.29 is 71.8 Å². The molecule has 14 nitrogen and oxygen atoms in total. The van der Waals surface area contributed by atoms with Crippen LogP contribution in [-0.4, -0.2) is 56.2 Å². The third-order valence-electron chi connectivity index (χ3n) is 14.5. The molecule has 2 saturated carbocycles. The van der Waals surface area contributed by atoms with Gasteiger partial charge in [0.05, 0.1) is 34.6 Å². The Morgan fingerprint density at radius 3 is 1.27 bits per heavy atom. The normalized spacial score (nSPS) is 14.3. The van der Waals surface area contributed by atoms with Crippen molar-refractivity contribution in [1.29, 1.82) is 0 Å². The predicted octanol–water partition coefficient (Wildman–Crippen LogP) is 15.4. The van der Waals surface area contributed by atoms with E-state index in [1.807, 2.05) is 0 Å². The zero-order valence-corrected chi connectivity index (χ0v) is 50.2. The molecule has 2 atom stereocenters. The first-order chi connectivity index (χ1) is 42.9. The maximum Gasteiger partial charge on any atom is 0.435 e. The Bertz CT molecular complexity index is 3890. The highest BCUT2D eigenvalue weighted by molar-refractivity contribution is 6.04. The number of hydrogen-bond donors (Lipinski definition) is 6. The van der Waals surface area contributed by atoms with Gasteiger partial charge in [-0.25, -0.2) is 14.2 Å². The maximum atomic E-state index is 13.8. The third-order valence-corrected chi connectivity index (χ3v) is 14.5. The number of benzene rings is 6. The number of anilines is 2. The lowest BCUT2D eigenvalue weighted by molar-refractivity contribution is -0.142. The van der Waals surface area contributed by atoms with Crippen LogP contribution in [0, 0.1) is 11.8 Å². The smallest absolute Gasteiger partial charge is 0.435 e. The van der Waals surface area contributed by atoms with Crippen LogP contribution in [-0.2, 0) is 42.5 Å². The summed E-state index contributed by atoms with van der Waals surface area (Å²) in [7, 11) is 0. The van der Waals surface area contributed by atoms with Crippen LogP contribution in [0.3, 0.4) is 0 Å². The SMILES string of the molecule is CC(C)(C)OC(=O)NCc1cccc(-n2nc(C(F)(F)F)cc2C(=O)Nc2cccc(C(NCC3CC3)c3cccc(C(F)(F)F)c3)c2)c1.Cl.NCc1cccc(-n2nc(C(F)(F)F)cc2C(=O)Nc2cccc(C(NCC3CC3)c3cccc(C(F)(F)F)c3)c2)c1. The van der Waals surface area contributed by atoms with Crippen molar-refractivity contribution in [2.24, 2.45) is 17.6 Å². The summed E-state index contributed by atoms with van der Waals surface area (Å²) in [6.45, 7) is 6.40. The van der Waals surface area contributed by atoms with Crippen molar-refractivity contribution >= 4 is 41.7 Å². The number of carbonyl (C=O) groups excluding carboxylic acids is 3. The summed E-state index contributed by atoms with van der Waals surface area (Å²) in [5, 5.41) is 21.8. The second-order valence-corrected chi connectivity index (χ2v) is 23.0. The first-order valence-electron chi connectivity index (χ1n) is 28.7. The molecular formula is C65H63ClF12N10O4. The van der Waals surface area contributed by atoms with E-state index in [1.165, 1.54) is 42.5 Å². The number of halogens is 13. The topological polar surface area (TPSA) is 182 Å². The van der Waals surface area contributed by atoms with Gasteiger partial charge in [-0.05, 0) is 178 Å². The van der Waals surface area contributed by atoms with E-state index in [4.69, 9.17) is 10.5 Å². The molecular weight excluding hydrogens is 1250 g/mol. The van der Waals surface area contributed by atoms with E-state index in [2.05, 4.69) is 36.8 Å². The lowest BCUT2D eigenvalue weighted by Crippen LogP contribution is -2.32. The summed E-state index contributed by atoms with van der Waals surface area (Å²) < 4.78 is 170. The number of aromatic nitrogens is 4. The quantitative estimate of drug-likeness (QED) is 0.0429. The average molecular weight is 1310 g/mol. The fraction of sp³-hybridized carbons (Fsp3) is 0.308. The summed E-state index contributed by atoms with van der Waals surface area (Å²) in [4.78, 5) is 39.0. The number of amides is 3. The van der Waals surface area contributed by atoms with Gasteiger partial charge >= 0.3 is 30.8 Å². The Morgan fingerprint density at radius 2 is 0.891 bits per heavy atom. The Hall–Kier alpha value is -8.72. The van der Waals surface area contributed by atoms with E-state index in [9.17, 15) is 67.1 Å². The Balaban J connectivity index is 0.000000237. The lowest BCUT2D eigenvalue weighted by atomic mass is 9.96. The van der Waals surface area contributed by atoms with Crippen molar-refractivity contribution in [3.05, 3.63) is 225 Å². The monoisotopic (exact) mass is 1310 g/mol. The molecule has 2 aliphatic rings. The van der Waals surface area contributed by atoms with Crippen LogP contribution in [0.1, 0.15) is 135 Å². The van der Waals surface area contributed by atoms with Crippen LogP contribution >= 0.6 is 12.4 Å². The van der Waals surface area contributed by atoms with Crippen molar-refractivity contribution in [2.45, 2.75) is 102 Å². The minimum atomic E-state index is -4.86. The molecule has 10 rings (SSSR count). The number of nitrogens with two attached hydrogens (primary N) is 1. The van der Waals surface area contributed by atoms with Gasteiger partial charge in [0.25, 0.3) is 11.8 Å². The first kappa shape index (κ1) is 69.2. The zero-order chi connectivity index (χ0) is 65.6. The highest BCUT2D eigenvalue weighted by Gasteiger charge is 2.39. The summed E-state index contributed by atoms with van der Waals surface area (Å²) in [5.41, 5.74) is 3.88. The van der Waals surface area contributed by atoms with E-state index in [0.29, 0.717) is 70.4 Å². The summed E-state index contributed by atoms with van der Waals surface area (Å²) >= 11 is 0. The number of carbonyl (C=O) groups is 3. The van der Waals surface area contributed by atoms with Crippen LogP contribution in [0.25, 0.3) is 11.4 Å². The van der Waals surface area contributed by atoms with Gasteiger partial charge in [0, 0.05) is 36.6 Å². The fourth-order valence-electron chi connectivity index (χ4n) is 9.70. The van der Waals surface area contributed by atoms with Gasteiger partial charge in [0.1, 0.15) is 17.0 Å². The maximum absolute atomic E-state index is 13.8. The van der Waals surface area contributed by atoms with E-state index >= 15 is 0 Å². The lowest BCUT2D eigenvalue weighted by Gasteiger charge is -2.22. The van der Waals surface area contributed by atoms with E-state index in [-0.39, 0.29) is 53.9 Å². The molecule has 2 aromatic heterocycles. The van der Waals surface area contributed by atoms with Crippen molar-refractivity contribution in [3.63, 3.8) is 0 Å². The van der Waals surface area contributed by atoms with Gasteiger partial charge in [-0.2, -0.15) is 62.9 Å². The summed E-state index contributed by atoms with van der Waals surface area (Å²) in [6, 6.07) is 35.3. The largest absolute Gasteiger partial charge is 0.444 e. The van der Waals surface area contributed by atoms with Gasteiger partial charge < -0.3 is 37.1 Å². The molecule has 8 aromatic rings. The van der Waals surface area contributed by atoms with Crippen LogP contribution in [0.4, 0.5) is 68.9 Å². The molecule has 0 radical (unpaired) electrons.